The van der Waals surface area contributed by atoms with Gasteiger partial charge < -0.3 is 11.1 Å². The molecule has 0 saturated carbocycles. The van der Waals surface area contributed by atoms with Crippen LogP contribution in [-0.2, 0) is 0 Å². The molecule has 3 nitrogen and oxygen atoms in total. The van der Waals surface area contributed by atoms with Gasteiger partial charge in [0.2, 0.25) is 0 Å². The molecule has 0 heterocycles. The third-order valence-electron chi connectivity index (χ3n) is 2.32. The summed E-state index contributed by atoms with van der Waals surface area (Å²) in [6.07, 6.45) is 0. The maximum Gasteiger partial charge on any atom is 0.256 e. The minimum absolute atomic E-state index is 0.186. The maximum absolute atomic E-state index is 12.1. The van der Waals surface area contributed by atoms with Crippen LogP contribution in [0.5, 0.6) is 0 Å². The van der Waals surface area contributed by atoms with Crippen molar-refractivity contribution in [3.8, 4) is 0 Å². The van der Waals surface area contributed by atoms with E-state index < -0.39 is 0 Å². The molecule has 0 aromatic heterocycles. The Morgan fingerprint density at radius 2 is 1.89 bits per heavy atom. The molecule has 0 atom stereocenters. The zero-order valence-electron chi connectivity index (χ0n) is 9.28. The molecule has 0 saturated heterocycles. The number of rotatable bonds is 2. The number of halogens is 2. The van der Waals surface area contributed by atoms with E-state index >= 15 is 0 Å². The number of hydrogen-bond donors (Lipinski definition) is 2. The average Bonchev–Trinajstić information content (AvgIpc) is 2.32. The van der Waals surface area contributed by atoms with Crippen molar-refractivity contribution in [3.05, 3.63) is 57.0 Å². The first-order valence-corrected chi connectivity index (χ1v) is 6.77. The van der Waals surface area contributed by atoms with Gasteiger partial charge in [-0.2, -0.15) is 0 Å². The Morgan fingerprint density at radius 3 is 2.61 bits per heavy atom. The number of nitrogen functional groups attached to an aromatic ring is 1. The summed E-state index contributed by atoms with van der Waals surface area (Å²) in [4.78, 5) is 12.1. The van der Waals surface area contributed by atoms with Gasteiger partial charge in [-0.3, -0.25) is 4.79 Å². The van der Waals surface area contributed by atoms with E-state index in [0.717, 1.165) is 8.95 Å². The largest absolute Gasteiger partial charge is 0.399 e. The second-order valence-electron chi connectivity index (χ2n) is 3.70. The lowest BCUT2D eigenvalue weighted by Crippen LogP contribution is -2.12. The van der Waals surface area contributed by atoms with E-state index in [9.17, 15) is 4.79 Å². The summed E-state index contributed by atoms with van der Waals surface area (Å²) in [5, 5.41) is 2.80. The van der Waals surface area contributed by atoms with Gasteiger partial charge in [-0.05, 0) is 52.3 Å². The van der Waals surface area contributed by atoms with Gasteiger partial charge in [-0.25, -0.2) is 0 Å². The molecule has 3 N–H and O–H groups in total. The molecule has 2 aromatic carbocycles. The number of carbonyl (C=O) groups excluding carboxylic acids is 1. The van der Waals surface area contributed by atoms with Gasteiger partial charge in [0.15, 0.2) is 0 Å². The molecule has 1 amide bonds. The zero-order chi connectivity index (χ0) is 13.1. The van der Waals surface area contributed by atoms with Crippen molar-refractivity contribution in [2.75, 3.05) is 11.1 Å². The van der Waals surface area contributed by atoms with Crippen molar-refractivity contribution in [2.24, 2.45) is 0 Å². The second kappa shape index (κ2) is 5.54. The van der Waals surface area contributed by atoms with Crippen LogP contribution in [0.25, 0.3) is 0 Å². The standard InChI is InChI=1S/C13H10Br2N2O/c14-8-4-5-12(15)11(6-8)13(18)17-10-3-1-2-9(16)7-10/h1-7H,16H2,(H,17,18). The van der Waals surface area contributed by atoms with Crippen LogP contribution in [-0.4, -0.2) is 5.91 Å². The van der Waals surface area contributed by atoms with Crippen molar-refractivity contribution < 1.29 is 4.79 Å². The third kappa shape index (κ3) is 3.11. The van der Waals surface area contributed by atoms with Crippen LogP contribution >= 0.6 is 31.9 Å². The van der Waals surface area contributed by atoms with Gasteiger partial charge in [-0.15, -0.1) is 0 Å². The van der Waals surface area contributed by atoms with Gasteiger partial charge in [0.05, 0.1) is 5.56 Å². The summed E-state index contributed by atoms with van der Waals surface area (Å²) in [5.74, 6) is -0.186. The van der Waals surface area contributed by atoms with Gasteiger partial charge in [0.25, 0.3) is 5.91 Å². The summed E-state index contributed by atoms with van der Waals surface area (Å²) in [6.45, 7) is 0. The molecule has 2 aromatic rings. The molecule has 92 valence electrons. The van der Waals surface area contributed by atoms with Crippen molar-refractivity contribution >= 4 is 49.1 Å². The minimum atomic E-state index is -0.186. The lowest BCUT2D eigenvalue weighted by Gasteiger charge is -2.08. The fourth-order valence-corrected chi connectivity index (χ4v) is 2.27. The smallest absolute Gasteiger partial charge is 0.256 e. The Morgan fingerprint density at radius 1 is 1.11 bits per heavy atom. The molecule has 0 aliphatic heterocycles. The van der Waals surface area contributed by atoms with E-state index in [2.05, 4.69) is 37.2 Å². The molecular weight excluding hydrogens is 360 g/mol. The molecular formula is C13H10Br2N2O. The lowest BCUT2D eigenvalue weighted by molar-refractivity contribution is 0.102. The predicted octanol–water partition coefficient (Wildman–Crippen LogP) is 4.05. The summed E-state index contributed by atoms with van der Waals surface area (Å²) in [5.41, 5.74) is 7.51. The summed E-state index contributed by atoms with van der Waals surface area (Å²) < 4.78 is 1.59. The van der Waals surface area contributed by atoms with Gasteiger partial charge in [0.1, 0.15) is 0 Å². The lowest BCUT2D eigenvalue weighted by atomic mass is 10.2. The number of carbonyl (C=O) groups is 1. The molecule has 0 bridgehead atoms. The highest BCUT2D eigenvalue weighted by atomic mass is 79.9. The van der Waals surface area contributed by atoms with E-state index in [1.54, 1.807) is 30.3 Å². The molecule has 5 heteroatoms. The van der Waals surface area contributed by atoms with Crippen molar-refractivity contribution in [3.63, 3.8) is 0 Å². The van der Waals surface area contributed by atoms with Crippen LogP contribution < -0.4 is 11.1 Å². The Labute approximate surface area is 122 Å². The molecule has 18 heavy (non-hydrogen) atoms. The number of nitrogens with two attached hydrogens (primary N) is 1. The van der Waals surface area contributed by atoms with Crippen LogP contribution in [0.4, 0.5) is 11.4 Å². The van der Waals surface area contributed by atoms with E-state index in [1.807, 2.05) is 12.1 Å². The van der Waals surface area contributed by atoms with Gasteiger partial charge >= 0.3 is 0 Å². The van der Waals surface area contributed by atoms with Crippen LogP contribution in [0.2, 0.25) is 0 Å². The average molecular weight is 370 g/mol. The fourth-order valence-electron chi connectivity index (χ4n) is 1.49. The molecule has 0 unspecified atom stereocenters. The first-order chi connectivity index (χ1) is 8.56. The summed E-state index contributed by atoms with van der Waals surface area (Å²) in [7, 11) is 0. The molecule has 0 spiro atoms. The number of hydrogen-bond acceptors (Lipinski definition) is 2. The zero-order valence-corrected chi connectivity index (χ0v) is 12.5. The Balaban J connectivity index is 2.24. The third-order valence-corrected chi connectivity index (χ3v) is 3.50. The monoisotopic (exact) mass is 368 g/mol. The first-order valence-electron chi connectivity index (χ1n) is 5.18. The van der Waals surface area contributed by atoms with E-state index in [1.165, 1.54) is 0 Å². The van der Waals surface area contributed by atoms with Gasteiger partial charge in [-0.1, -0.05) is 22.0 Å². The predicted molar refractivity (Wildman–Crippen MR) is 80.6 cm³/mol. The number of amides is 1. The van der Waals surface area contributed by atoms with Crippen molar-refractivity contribution in [1.29, 1.82) is 0 Å². The summed E-state index contributed by atoms with van der Waals surface area (Å²) >= 11 is 6.69. The summed E-state index contributed by atoms with van der Waals surface area (Å²) in [6, 6.07) is 12.5. The topological polar surface area (TPSA) is 55.1 Å². The van der Waals surface area contributed by atoms with Crippen molar-refractivity contribution in [2.45, 2.75) is 0 Å². The minimum Gasteiger partial charge on any atom is -0.399 e. The number of nitrogens with one attached hydrogen (secondary N) is 1. The van der Waals surface area contributed by atoms with Crippen molar-refractivity contribution in [1.82, 2.24) is 0 Å². The van der Waals surface area contributed by atoms with Gasteiger partial charge in [0, 0.05) is 20.3 Å². The number of anilines is 2. The number of benzene rings is 2. The van der Waals surface area contributed by atoms with E-state index in [0.29, 0.717) is 16.9 Å². The highest BCUT2D eigenvalue weighted by Gasteiger charge is 2.10. The van der Waals surface area contributed by atoms with E-state index in [4.69, 9.17) is 5.73 Å². The van der Waals surface area contributed by atoms with E-state index in [-0.39, 0.29) is 5.91 Å². The van der Waals surface area contributed by atoms with Crippen LogP contribution in [0, 0.1) is 0 Å². The molecule has 0 fully saturated rings. The molecule has 0 radical (unpaired) electrons. The molecule has 0 aliphatic rings. The molecule has 2 rings (SSSR count). The Kier molecular flexibility index (Phi) is 4.04. The fraction of sp³-hybridized carbons (Fsp3) is 0. The molecule has 0 aliphatic carbocycles. The highest BCUT2D eigenvalue weighted by molar-refractivity contribution is 9.11. The Bertz CT molecular complexity index is 599. The Hall–Kier alpha value is -1.33. The van der Waals surface area contributed by atoms with Crippen LogP contribution in [0.3, 0.4) is 0 Å². The second-order valence-corrected chi connectivity index (χ2v) is 5.47. The van der Waals surface area contributed by atoms with Crippen LogP contribution in [0.1, 0.15) is 10.4 Å². The highest BCUT2D eigenvalue weighted by Crippen LogP contribution is 2.23. The normalized spacial score (nSPS) is 10.1. The quantitative estimate of drug-likeness (QED) is 0.784. The maximum atomic E-state index is 12.1. The SMILES string of the molecule is Nc1cccc(NC(=O)c2cc(Br)ccc2Br)c1. The first kappa shape index (κ1) is 13.1. The van der Waals surface area contributed by atoms with Crippen LogP contribution in [0.15, 0.2) is 51.4 Å².